The standard InChI is InChI=1S/C13H16N4/c1-2-15-12(13-16-7-4-8-17-13)9-11-5-3-6-14-10-11/h3-8,10,12,15H,2,9H2,1H3. The van der Waals surface area contributed by atoms with E-state index in [4.69, 9.17) is 0 Å². The predicted molar refractivity (Wildman–Crippen MR) is 66.4 cm³/mol. The van der Waals surface area contributed by atoms with Gasteiger partial charge in [0.1, 0.15) is 5.82 Å². The van der Waals surface area contributed by atoms with Crippen LogP contribution in [-0.2, 0) is 6.42 Å². The lowest BCUT2D eigenvalue weighted by atomic mass is 10.1. The van der Waals surface area contributed by atoms with Crippen molar-refractivity contribution in [1.29, 1.82) is 0 Å². The maximum absolute atomic E-state index is 4.30. The van der Waals surface area contributed by atoms with Crippen LogP contribution in [0.25, 0.3) is 0 Å². The largest absolute Gasteiger partial charge is 0.307 e. The molecule has 1 N–H and O–H groups in total. The van der Waals surface area contributed by atoms with Crippen LogP contribution in [0.1, 0.15) is 24.4 Å². The Balaban J connectivity index is 2.13. The molecule has 0 spiro atoms. The minimum absolute atomic E-state index is 0.144. The van der Waals surface area contributed by atoms with Gasteiger partial charge in [-0.2, -0.15) is 0 Å². The van der Waals surface area contributed by atoms with Gasteiger partial charge in [-0.1, -0.05) is 13.0 Å². The Kier molecular flexibility index (Phi) is 4.16. The molecule has 0 aliphatic rings. The van der Waals surface area contributed by atoms with Crippen LogP contribution in [0, 0.1) is 0 Å². The van der Waals surface area contributed by atoms with Gasteiger partial charge in [0, 0.05) is 24.8 Å². The van der Waals surface area contributed by atoms with Crippen molar-refractivity contribution in [3.05, 3.63) is 54.4 Å². The van der Waals surface area contributed by atoms with Crippen molar-refractivity contribution in [3.8, 4) is 0 Å². The van der Waals surface area contributed by atoms with Crippen molar-refractivity contribution in [1.82, 2.24) is 20.3 Å². The van der Waals surface area contributed by atoms with Crippen LogP contribution in [0.2, 0.25) is 0 Å². The topological polar surface area (TPSA) is 50.7 Å². The Labute approximate surface area is 101 Å². The second-order valence-corrected chi connectivity index (χ2v) is 3.78. The maximum atomic E-state index is 4.30. The molecule has 2 aromatic rings. The van der Waals surface area contributed by atoms with Crippen molar-refractivity contribution in [2.75, 3.05) is 6.54 Å². The first-order chi connectivity index (χ1) is 8.40. The monoisotopic (exact) mass is 228 g/mol. The van der Waals surface area contributed by atoms with E-state index in [0.29, 0.717) is 0 Å². The number of pyridine rings is 1. The highest BCUT2D eigenvalue weighted by atomic mass is 15.0. The SMILES string of the molecule is CCNC(Cc1cccnc1)c1ncccn1. The van der Waals surface area contributed by atoms with Crippen molar-refractivity contribution in [3.63, 3.8) is 0 Å². The minimum Gasteiger partial charge on any atom is -0.307 e. The lowest BCUT2D eigenvalue weighted by Crippen LogP contribution is -2.24. The zero-order valence-corrected chi connectivity index (χ0v) is 9.87. The third-order valence-corrected chi connectivity index (χ3v) is 2.51. The zero-order valence-electron chi connectivity index (χ0n) is 9.87. The van der Waals surface area contributed by atoms with E-state index in [1.165, 1.54) is 5.56 Å². The Hall–Kier alpha value is -1.81. The van der Waals surface area contributed by atoms with E-state index in [0.717, 1.165) is 18.8 Å². The fourth-order valence-electron chi connectivity index (χ4n) is 1.75. The molecule has 0 radical (unpaired) electrons. The molecule has 0 aliphatic heterocycles. The van der Waals surface area contributed by atoms with Gasteiger partial charge in [-0.25, -0.2) is 9.97 Å². The third-order valence-electron chi connectivity index (χ3n) is 2.51. The van der Waals surface area contributed by atoms with Crippen molar-refractivity contribution >= 4 is 0 Å². The van der Waals surface area contributed by atoms with Crippen molar-refractivity contribution in [2.45, 2.75) is 19.4 Å². The molecule has 2 aromatic heterocycles. The highest BCUT2D eigenvalue weighted by Crippen LogP contribution is 2.13. The Bertz CT molecular complexity index is 430. The average Bonchev–Trinajstić information content (AvgIpc) is 2.40. The molecular weight excluding hydrogens is 212 g/mol. The first-order valence-corrected chi connectivity index (χ1v) is 5.79. The smallest absolute Gasteiger partial charge is 0.145 e. The van der Waals surface area contributed by atoms with Crippen LogP contribution in [0.3, 0.4) is 0 Å². The van der Waals surface area contributed by atoms with E-state index in [2.05, 4.69) is 33.3 Å². The highest BCUT2D eigenvalue weighted by Gasteiger charge is 2.13. The second-order valence-electron chi connectivity index (χ2n) is 3.78. The first kappa shape index (κ1) is 11.7. The molecule has 1 unspecified atom stereocenters. The van der Waals surface area contributed by atoms with Gasteiger partial charge in [-0.05, 0) is 30.7 Å². The van der Waals surface area contributed by atoms with E-state index in [1.807, 2.05) is 18.3 Å². The van der Waals surface area contributed by atoms with E-state index >= 15 is 0 Å². The zero-order chi connectivity index (χ0) is 11.9. The summed E-state index contributed by atoms with van der Waals surface area (Å²) < 4.78 is 0. The summed E-state index contributed by atoms with van der Waals surface area (Å²) in [5.74, 6) is 0.832. The molecule has 2 heterocycles. The molecule has 88 valence electrons. The summed E-state index contributed by atoms with van der Waals surface area (Å²) >= 11 is 0. The molecular formula is C13H16N4. The summed E-state index contributed by atoms with van der Waals surface area (Å²) in [6, 6.07) is 5.99. The molecule has 4 heteroatoms. The minimum atomic E-state index is 0.144. The summed E-state index contributed by atoms with van der Waals surface area (Å²) in [7, 11) is 0. The number of nitrogens with zero attached hydrogens (tertiary/aromatic N) is 3. The van der Waals surface area contributed by atoms with Crippen LogP contribution in [-0.4, -0.2) is 21.5 Å². The fraction of sp³-hybridized carbons (Fsp3) is 0.308. The molecule has 0 fully saturated rings. The van der Waals surface area contributed by atoms with Crippen molar-refractivity contribution in [2.24, 2.45) is 0 Å². The normalized spacial score (nSPS) is 12.3. The fourth-order valence-corrected chi connectivity index (χ4v) is 1.75. The molecule has 2 rings (SSSR count). The molecule has 1 atom stereocenters. The van der Waals surface area contributed by atoms with Gasteiger partial charge in [0.25, 0.3) is 0 Å². The van der Waals surface area contributed by atoms with Gasteiger partial charge in [-0.15, -0.1) is 0 Å². The Morgan fingerprint density at radius 1 is 1.18 bits per heavy atom. The molecule has 0 saturated heterocycles. The summed E-state index contributed by atoms with van der Waals surface area (Å²) in [5, 5.41) is 3.39. The molecule has 0 aliphatic carbocycles. The van der Waals surface area contributed by atoms with E-state index in [1.54, 1.807) is 18.6 Å². The molecule has 0 amide bonds. The molecule has 17 heavy (non-hydrogen) atoms. The van der Waals surface area contributed by atoms with Crippen LogP contribution in [0.4, 0.5) is 0 Å². The first-order valence-electron chi connectivity index (χ1n) is 5.79. The quantitative estimate of drug-likeness (QED) is 0.847. The maximum Gasteiger partial charge on any atom is 0.145 e. The predicted octanol–water partition coefficient (Wildman–Crippen LogP) is 1.76. The van der Waals surface area contributed by atoms with Gasteiger partial charge >= 0.3 is 0 Å². The van der Waals surface area contributed by atoms with Crippen LogP contribution in [0.5, 0.6) is 0 Å². The van der Waals surface area contributed by atoms with Gasteiger partial charge in [0.2, 0.25) is 0 Å². The molecule has 0 aromatic carbocycles. The lowest BCUT2D eigenvalue weighted by molar-refractivity contribution is 0.521. The summed E-state index contributed by atoms with van der Waals surface area (Å²) in [6.07, 6.45) is 8.07. The lowest BCUT2D eigenvalue weighted by Gasteiger charge is -2.15. The Morgan fingerprint density at radius 2 is 2.00 bits per heavy atom. The van der Waals surface area contributed by atoms with Gasteiger partial charge < -0.3 is 5.32 Å². The van der Waals surface area contributed by atoms with E-state index < -0.39 is 0 Å². The van der Waals surface area contributed by atoms with Gasteiger partial charge in [0.05, 0.1) is 6.04 Å². The van der Waals surface area contributed by atoms with Crippen LogP contribution < -0.4 is 5.32 Å². The molecule has 0 saturated carbocycles. The number of rotatable bonds is 5. The average molecular weight is 228 g/mol. The Morgan fingerprint density at radius 3 is 2.65 bits per heavy atom. The number of aromatic nitrogens is 3. The number of hydrogen-bond acceptors (Lipinski definition) is 4. The number of likely N-dealkylation sites (N-methyl/N-ethyl adjacent to an activating group) is 1. The third kappa shape index (κ3) is 3.32. The van der Waals surface area contributed by atoms with Crippen molar-refractivity contribution < 1.29 is 0 Å². The molecule has 4 nitrogen and oxygen atoms in total. The highest BCUT2D eigenvalue weighted by molar-refractivity contribution is 5.12. The van der Waals surface area contributed by atoms with Gasteiger partial charge in [-0.3, -0.25) is 4.98 Å². The van der Waals surface area contributed by atoms with E-state index in [-0.39, 0.29) is 6.04 Å². The van der Waals surface area contributed by atoms with Crippen LogP contribution in [0.15, 0.2) is 43.0 Å². The summed E-state index contributed by atoms with van der Waals surface area (Å²) in [6.45, 7) is 2.97. The van der Waals surface area contributed by atoms with Gasteiger partial charge in [0.15, 0.2) is 0 Å². The molecule has 0 bridgehead atoms. The number of nitrogens with one attached hydrogen (secondary N) is 1. The summed E-state index contributed by atoms with van der Waals surface area (Å²) in [4.78, 5) is 12.7. The second kappa shape index (κ2) is 6.06. The van der Waals surface area contributed by atoms with Crippen LogP contribution >= 0.6 is 0 Å². The van der Waals surface area contributed by atoms with E-state index in [9.17, 15) is 0 Å². The number of hydrogen-bond donors (Lipinski definition) is 1. The summed E-state index contributed by atoms with van der Waals surface area (Å²) in [5.41, 5.74) is 1.19.